The van der Waals surface area contributed by atoms with Gasteiger partial charge < -0.3 is 24.1 Å². The number of phenols is 1. The van der Waals surface area contributed by atoms with Crippen LogP contribution in [0.2, 0.25) is 0 Å². The average molecular weight is 382 g/mol. The summed E-state index contributed by atoms with van der Waals surface area (Å²) in [6.07, 6.45) is 2.28. The van der Waals surface area contributed by atoms with Gasteiger partial charge in [-0.3, -0.25) is 4.79 Å². The maximum absolute atomic E-state index is 12.9. The van der Waals surface area contributed by atoms with Crippen LogP contribution in [-0.2, 0) is 6.42 Å². The highest BCUT2D eigenvalue weighted by molar-refractivity contribution is 5.91. The monoisotopic (exact) mass is 382 g/mol. The molecule has 0 aliphatic rings. The molecule has 0 fully saturated rings. The van der Waals surface area contributed by atoms with Gasteiger partial charge in [0.25, 0.3) is 0 Å². The second-order valence-corrected chi connectivity index (χ2v) is 6.60. The SMILES string of the molecule is COc1ccc(-c2oc3c(CC=C(C)C)c(O)cc(OC)c3c(=O)c2O)cc1. The standard InChI is InChI=1S/C22H22O6/c1-12(2)5-10-15-16(23)11-17(27-4)18-19(24)20(25)21(28-22(15)18)13-6-8-14(26-3)9-7-13/h5-9,11,23,25H,10H2,1-4H3. The fourth-order valence-electron chi connectivity index (χ4n) is 2.96. The van der Waals surface area contributed by atoms with Gasteiger partial charge in [-0.2, -0.15) is 0 Å². The van der Waals surface area contributed by atoms with Gasteiger partial charge in [0.05, 0.1) is 14.2 Å². The normalized spacial score (nSPS) is 10.7. The quantitative estimate of drug-likeness (QED) is 0.636. The van der Waals surface area contributed by atoms with Crippen molar-refractivity contribution in [3.05, 3.63) is 57.8 Å². The molecule has 0 unspecified atom stereocenters. The lowest BCUT2D eigenvalue weighted by atomic mass is 10.0. The van der Waals surface area contributed by atoms with Crippen LogP contribution >= 0.6 is 0 Å². The molecule has 0 saturated carbocycles. The van der Waals surface area contributed by atoms with E-state index in [0.717, 1.165) is 5.57 Å². The van der Waals surface area contributed by atoms with E-state index in [4.69, 9.17) is 13.9 Å². The molecular weight excluding hydrogens is 360 g/mol. The molecule has 28 heavy (non-hydrogen) atoms. The summed E-state index contributed by atoms with van der Waals surface area (Å²) in [4.78, 5) is 12.9. The number of fused-ring (bicyclic) bond motifs is 1. The van der Waals surface area contributed by atoms with Crippen LogP contribution in [0.25, 0.3) is 22.3 Å². The summed E-state index contributed by atoms with van der Waals surface area (Å²) in [5.74, 6) is 0.228. The van der Waals surface area contributed by atoms with Gasteiger partial charge in [-0.05, 0) is 44.5 Å². The Morgan fingerprint density at radius 2 is 1.79 bits per heavy atom. The lowest BCUT2D eigenvalue weighted by Crippen LogP contribution is -2.06. The molecule has 3 rings (SSSR count). The third-order valence-corrected chi connectivity index (χ3v) is 4.47. The summed E-state index contributed by atoms with van der Waals surface area (Å²) in [6, 6.07) is 8.12. The van der Waals surface area contributed by atoms with Crippen molar-refractivity contribution in [1.82, 2.24) is 0 Å². The molecule has 0 bridgehead atoms. The van der Waals surface area contributed by atoms with Crippen LogP contribution in [0.15, 0.2) is 51.2 Å². The number of methoxy groups -OCH3 is 2. The van der Waals surface area contributed by atoms with Crippen LogP contribution in [0.5, 0.6) is 23.0 Å². The number of allylic oxidation sites excluding steroid dienone is 2. The van der Waals surface area contributed by atoms with E-state index in [1.807, 2.05) is 19.9 Å². The van der Waals surface area contributed by atoms with Gasteiger partial charge in [0, 0.05) is 17.2 Å². The van der Waals surface area contributed by atoms with E-state index in [-0.39, 0.29) is 28.2 Å². The lowest BCUT2D eigenvalue weighted by Gasteiger charge is -2.13. The van der Waals surface area contributed by atoms with Gasteiger partial charge in [-0.1, -0.05) is 11.6 Å². The van der Waals surface area contributed by atoms with Crippen molar-refractivity contribution in [2.24, 2.45) is 0 Å². The minimum Gasteiger partial charge on any atom is -0.507 e. The van der Waals surface area contributed by atoms with E-state index in [9.17, 15) is 15.0 Å². The molecule has 0 atom stereocenters. The van der Waals surface area contributed by atoms with E-state index >= 15 is 0 Å². The molecule has 0 amide bonds. The molecule has 0 saturated heterocycles. The van der Waals surface area contributed by atoms with Crippen LogP contribution in [0.3, 0.4) is 0 Å². The fourth-order valence-corrected chi connectivity index (χ4v) is 2.96. The summed E-state index contributed by atoms with van der Waals surface area (Å²) in [6.45, 7) is 3.88. The Hall–Kier alpha value is -3.41. The maximum Gasteiger partial charge on any atom is 0.238 e. The molecule has 6 heteroatoms. The maximum atomic E-state index is 12.9. The number of ether oxygens (including phenoxy) is 2. The minimum absolute atomic E-state index is 0.0197. The highest BCUT2D eigenvalue weighted by atomic mass is 16.5. The molecule has 1 heterocycles. The lowest BCUT2D eigenvalue weighted by molar-refractivity contribution is 0.407. The summed E-state index contributed by atoms with van der Waals surface area (Å²) < 4.78 is 16.3. The van der Waals surface area contributed by atoms with Gasteiger partial charge in [0.15, 0.2) is 5.76 Å². The Balaban J connectivity index is 2.35. The molecule has 0 radical (unpaired) electrons. The molecule has 3 aromatic rings. The van der Waals surface area contributed by atoms with Crippen molar-refractivity contribution in [3.63, 3.8) is 0 Å². The van der Waals surface area contributed by atoms with Crippen molar-refractivity contribution in [2.75, 3.05) is 14.2 Å². The van der Waals surface area contributed by atoms with Gasteiger partial charge >= 0.3 is 0 Å². The van der Waals surface area contributed by atoms with Crippen LogP contribution in [0, 0.1) is 0 Å². The Bertz CT molecular complexity index is 1100. The van der Waals surface area contributed by atoms with Crippen molar-refractivity contribution >= 4 is 11.0 Å². The molecule has 0 aliphatic carbocycles. The van der Waals surface area contributed by atoms with Crippen molar-refractivity contribution in [2.45, 2.75) is 20.3 Å². The van der Waals surface area contributed by atoms with E-state index in [1.54, 1.807) is 31.4 Å². The third kappa shape index (κ3) is 3.41. The summed E-state index contributed by atoms with van der Waals surface area (Å²) >= 11 is 0. The predicted molar refractivity (Wildman–Crippen MR) is 107 cm³/mol. The Morgan fingerprint density at radius 3 is 2.36 bits per heavy atom. The van der Waals surface area contributed by atoms with Crippen molar-refractivity contribution < 1.29 is 24.1 Å². The van der Waals surface area contributed by atoms with E-state index < -0.39 is 11.2 Å². The average Bonchev–Trinajstić information content (AvgIpc) is 2.69. The zero-order valence-electron chi connectivity index (χ0n) is 16.2. The number of rotatable bonds is 5. The second kappa shape index (κ2) is 7.68. The van der Waals surface area contributed by atoms with Crippen molar-refractivity contribution in [3.8, 4) is 34.3 Å². The Labute approximate surface area is 162 Å². The number of hydrogen-bond donors (Lipinski definition) is 2. The third-order valence-electron chi connectivity index (χ3n) is 4.47. The Kier molecular flexibility index (Phi) is 5.31. The topological polar surface area (TPSA) is 89.1 Å². The summed E-state index contributed by atoms with van der Waals surface area (Å²) in [5.41, 5.74) is 1.57. The number of benzene rings is 2. The first kappa shape index (κ1) is 19.4. The minimum atomic E-state index is -0.623. The molecule has 2 aromatic carbocycles. The fraction of sp³-hybridized carbons (Fsp3) is 0.227. The largest absolute Gasteiger partial charge is 0.507 e. The molecular formula is C22H22O6. The van der Waals surface area contributed by atoms with Crippen LogP contribution in [0.1, 0.15) is 19.4 Å². The number of phenolic OH excluding ortho intramolecular Hbond substituents is 1. The summed E-state index contributed by atoms with van der Waals surface area (Å²) in [5, 5.41) is 21.1. The van der Waals surface area contributed by atoms with Crippen LogP contribution < -0.4 is 14.9 Å². The van der Waals surface area contributed by atoms with Gasteiger partial charge in [-0.15, -0.1) is 0 Å². The van der Waals surface area contributed by atoms with Crippen LogP contribution in [-0.4, -0.2) is 24.4 Å². The number of hydrogen-bond acceptors (Lipinski definition) is 6. The first-order chi connectivity index (χ1) is 13.4. The predicted octanol–water partition coefficient (Wildman–Crippen LogP) is 4.40. The number of aromatic hydroxyl groups is 2. The van der Waals surface area contributed by atoms with Crippen LogP contribution in [0.4, 0.5) is 0 Å². The Morgan fingerprint density at radius 1 is 1.11 bits per heavy atom. The van der Waals surface area contributed by atoms with E-state index in [1.165, 1.54) is 13.2 Å². The van der Waals surface area contributed by atoms with Gasteiger partial charge in [0.1, 0.15) is 28.2 Å². The zero-order valence-corrected chi connectivity index (χ0v) is 16.2. The molecule has 6 nitrogen and oxygen atoms in total. The molecule has 2 N–H and O–H groups in total. The molecule has 0 aliphatic heterocycles. The van der Waals surface area contributed by atoms with E-state index in [2.05, 4.69) is 0 Å². The van der Waals surface area contributed by atoms with Gasteiger partial charge in [0.2, 0.25) is 11.2 Å². The summed E-state index contributed by atoms with van der Waals surface area (Å²) in [7, 11) is 2.94. The molecule has 1 aromatic heterocycles. The zero-order chi connectivity index (χ0) is 20.4. The van der Waals surface area contributed by atoms with Crippen molar-refractivity contribution in [1.29, 1.82) is 0 Å². The second-order valence-electron chi connectivity index (χ2n) is 6.60. The highest BCUT2D eigenvalue weighted by Crippen LogP contribution is 2.39. The molecule has 0 spiro atoms. The first-order valence-corrected chi connectivity index (χ1v) is 8.73. The molecule has 146 valence electrons. The highest BCUT2D eigenvalue weighted by Gasteiger charge is 2.22. The smallest absolute Gasteiger partial charge is 0.238 e. The van der Waals surface area contributed by atoms with Gasteiger partial charge in [-0.25, -0.2) is 0 Å². The first-order valence-electron chi connectivity index (χ1n) is 8.73. The van der Waals surface area contributed by atoms with E-state index in [0.29, 0.717) is 23.3 Å².